The molecular formula is C21H11Cl2F2N3O3S. The van der Waals surface area contributed by atoms with Crippen molar-refractivity contribution in [3.05, 3.63) is 86.6 Å². The molecule has 2 amide bonds. The van der Waals surface area contributed by atoms with Crippen molar-refractivity contribution >= 4 is 52.2 Å². The fraction of sp³-hybridized carbons (Fsp3) is 0.0476. The highest BCUT2D eigenvalue weighted by atomic mass is 35.5. The molecule has 11 heteroatoms. The van der Waals surface area contributed by atoms with Gasteiger partial charge in [-0.3, -0.25) is 14.5 Å². The van der Waals surface area contributed by atoms with Crippen molar-refractivity contribution in [2.24, 2.45) is 0 Å². The topological polar surface area (TPSA) is 72.4 Å². The summed E-state index contributed by atoms with van der Waals surface area (Å²) < 4.78 is 33.3. The lowest BCUT2D eigenvalue weighted by atomic mass is 10.2. The number of amides is 2. The first-order valence-electron chi connectivity index (χ1n) is 8.96. The molecule has 1 aliphatic rings. The molecule has 32 heavy (non-hydrogen) atoms. The molecular weight excluding hydrogens is 483 g/mol. The second-order valence-corrected chi connectivity index (χ2v) is 8.17. The third-order valence-electron chi connectivity index (χ3n) is 4.30. The molecule has 0 spiro atoms. The van der Waals surface area contributed by atoms with Crippen LogP contribution in [0.2, 0.25) is 10.3 Å². The van der Waals surface area contributed by atoms with Crippen molar-refractivity contribution in [3.8, 4) is 11.6 Å². The highest BCUT2D eigenvalue weighted by molar-refractivity contribution is 8.18. The molecule has 1 aliphatic heterocycles. The Labute approximate surface area is 194 Å². The van der Waals surface area contributed by atoms with Gasteiger partial charge in [0.05, 0.1) is 17.6 Å². The third-order valence-corrected chi connectivity index (χ3v) is 5.75. The molecule has 0 radical (unpaired) electrons. The van der Waals surface area contributed by atoms with Crippen molar-refractivity contribution in [1.29, 1.82) is 0 Å². The van der Waals surface area contributed by atoms with Gasteiger partial charge >= 0.3 is 0 Å². The standard InChI is InChI=1S/C21H11Cl2F2N3O3S/c22-14-5-2-6-15(24)13(14)10-28-19(29)17(32-21(28)30)8-11-3-1-4-12(7-11)31-18-16(25)9-26-20(23)27-18/h1-9H,10H2/b17-8+. The lowest BCUT2D eigenvalue weighted by molar-refractivity contribution is -0.123. The number of aromatic nitrogens is 2. The minimum absolute atomic E-state index is 0.0543. The van der Waals surface area contributed by atoms with Crippen molar-refractivity contribution in [3.63, 3.8) is 0 Å². The van der Waals surface area contributed by atoms with Gasteiger partial charge in [-0.05, 0) is 59.3 Å². The van der Waals surface area contributed by atoms with Crippen LogP contribution in [0, 0.1) is 11.6 Å². The number of ether oxygens (including phenoxy) is 1. The summed E-state index contributed by atoms with van der Waals surface area (Å²) in [6, 6.07) is 10.5. The summed E-state index contributed by atoms with van der Waals surface area (Å²) in [5, 5.41) is -0.609. The van der Waals surface area contributed by atoms with E-state index in [2.05, 4.69) is 9.97 Å². The summed E-state index contributed by atoms with van der Waals surface area (Å²) in [4.78, 5) is 33.3. The summed E-state index contributed by atoms with van der Waals surface area (Å²) in [6.45, 7) is -0.287. The Morgan fingerprint density at radius 2 is 1.88 bits per heavy atom. The van der Waals surface area contributed by atoms with Crippen LogP contribution in [0.15, 0.2) is 53.6 Å². The first kappa shape index (κ1) is 22.2. The number of carbonyl (C=O) groups excluding carboxylic acids is 2. The molecule has 162 valence electrons. The van der Waals surface area contributed by atoms with Gasteiger partial charge in [-0.25, -0.2) is 9.37 Å². The maximum absolute atomic E-state index is 14.1. The van der Waals surface area contributed by atoms with Crippen molar-refractivity contribution in [2.75, 3.05) is 0 Å². The van der Waals surface area contributed by atoms with Gasteiger partial charge in [0.15, 0.2) is 0 Å². The number of benzene rings is 2. The van der Waals surface area contributed by atoms with Crippen LogP contribution < -0.4 is 4.74 Å². The van der Waals surface area contributed by atoms with Crippen molar-refractivity contribution < 1.29 is 23.1 Å². The van der Waals surface area contributed by atoms with E-state index in [4.69, 9.17) is 27.9 Å². The number of imide groups is 1. The maximum Gasteiger partial charge on any atom is 0.293 e. The normalized spacial score (nSPS) is 15.0. The summed E-state index contributed by atoms with van der Waals surface area (Å²) >= 11 is 12.4. The van der Waals surface area contributed by atoms with Crippen LogP contribution in [0.3, 0.4) is 0 Å². The van der Waals surface area contributed by atoms with Gasteiger partial charge in [-0.1, -0.05) is 29.8 Å². The van der Waals surface area contributed by atoms with Gasteiger partial charge in [0.1, 0.15) is 11.6 Å². The summed E-state index contributed by atoms with van der Waals surface area (Å²) in [5.41, 5.74) is 0.566. The monoisotopic (exact) mass is 493 g/mol. The summed E-state index contributed by atoms with van der Waals surface area (Å²) in [5.74, 6) is -2.12. The minimum atomic E-state index is -0.798. The van der Waals surface area contributed by atoms with Crippen LogP contribution in [0.1, 0.15) is 11.1 Å². The Bertz CT molecular complexity index is 1250. The molecule has 0 atom stereocenters. The average Bonchev–Trinajstić information content (AvgIpc) is 3.01. The van der Waals surface area contributed by atoms with Gasteiger partial charge in [0.2, 0.25) is 11.1 Å². The molecule has 0 N–H and O–H groups in total. The van der Waals surface area contributed by atoms with E-state index < -0.39 is 22.8 Å². The first-order chi connectivity index (χ1) is 15.3. The fourth-order valence-corrected chi connectivity index (χ4v) is 4.00. The molecule has 1 saturated heterocycles. The van der Waals surface area contributed by atoms with Gasteiger partial charge in [-0.2, -0.15) is 9.37 Å². The summed E-state index contributed by atoms with van der Waals surface area (Å²) in [6.07, 6.45) is 2.36. The molecule has 2 heterocycles. The lowest BCUT2D eigenvalue weighted by Gasteiger charge is -2.14. The lowest BCUT2D eigenvalue weighted by Crippen LogP contribution is -2.28. The summed E-state index contributed by atoms with van der Waals surface area (Å²) in [7, 11) is 0. The SMILES string of the molecule is O=C1S/C(=C/c2cccc(Oc3nc(Cl)ncc3F)c2)C(=O)N1Cc1c(F)cccc1Cl. The fourth-order valence-electron chi connectivity index (χ4n) is 2.81. The van der Waals surface area contributed by atoms with Crippen LogP contribution in [0.25, 0.3) is 6.08 Å². The predicted octanol–water partition coefficient (Wildman–Crippen LogP) is 6.09. The van der Waals surface area contributed by atoms with Crippen LogP contribution in [0.5, 0.6) is 11.6 Å². The first-order valence-corrected chi connectivity index (χ1v) is 10.5. The van der Waals surface area contributed by atoms with Crippen molar-refractivity contribution in [2.45, 2.75) is 6.54 Å². The Morgan fingerprint density at radius 1 is 1.09 bits per heavy atom. The highest BCUT2D eigenvalue weighted by Crippen LogP contribution is 2.35. The molecule has 0 aliphatic carbocycles. The van der Waals surface area contributed by atoms with Crippen LogP contribution in [-0.2, 0) is 11.3 Å². The Hall–Kier alpha value is -3.01. The van der Waals surface area contributed by atoms with Crippen LogP contribution in [0.4, 0.5) is 13.6 Å². The van der Waals surface area contributed by atoms with Crippen molar-refractivity contribution in [1.82, 2.24) is 14.9 Å². The van der Waals surface area contributed by atoms with Gasteiger partial charge in [-0.15, -0.1) is 0 Å². The molecule has 2 aromatic carbocycles. The number of thioether (sulfide) groups is 1. The van der Waals surface area contributed by atoms with E-state index in [-0.39, 0.29) is 38.9 Å². The Balaban J connectivity index is 1.55. The Morgan fingerprint density at radius 3 is 2.66 bits per heavy atom. The maximum atomic E-state index is 14.1. The zero-order valence-electron chi connectivity index (χ0n) is 15.9. The minimum Gasteiger partial charge on any atom is -0.436 e. The number of nitrogens with zero attached hydrogens (tertiary/aromatic N) is 3. The Kier molecular flexibility index (Phi) is 6.40. The zero-order valence-corrected chi connectivity index (χ0v) is 18.2. The molecule has 6 nitrogen and oxygen atoms in total. The highest BCUT2D eigenvalue weighted by Gasteiger charge is 2.35. The van der Waals surface area contributed by atoms with E-state index in [0.717, 1.165) is 11.1 Å². The molecule has 0 unspecified atom stereocenters. The van der Waals surface area contributed by atoms with Crippen LogP contribution in [-0.4, -0.2) is 26.0 Å². The van der Waals surface area contributed by atoms with E-state index >= 15 is 0 Å². The quantitative estimate of drug-likeness (QED) is 0.316. The molecule has 0 saturated carbocycles. The van der Waals surface area contributed by atoms with E-state index in [0.29, 0.717) is 17.3 Å². The van der Waals surface area contributed by atoms with Gasteiger partial charge in [0, 0.05) is 10.6 Å². The number of halogens is 4. The number of hydrogen-bond donors (Lipinski definition) is 0. The van der Waals surface area contributed by atoms with Gasteiger partial charge < -0.3 is 4.74 Å². The van der Waals surface area contributed by atoms with E-state index in [1.165, 1.54) is 30.3 Å². The van der Waals surface area contributed by atoms with E-state index in [1.807, 2.05) is 0 Å². The molecule has 3 aromatic rings. The smallest absolute Gasteiger partial charge is 0.293 e. The van der Waals surface area contributed by atoms with E-state index in [9.17, 15) is 18.4 Å². The molecule has 1 aromatic heterocycles. The van der Waals surface area contributed by atoms with Crippen LogP contribution >= 0.6 is 35.0 Å². The molecule has 4 rings (SSSR count). The number of carbonyl (C=O) groups is 2. The van der Waals surface area contributed by atoms with Gasteiger partial charge in [0.25, 0.3) is 17.0 Å². The number of hydrogen-bond acceptors (Lipinski definition) is 6. The molecule has 1 fully saturated rings. The number of rotatable bonds is 5. The second kappa shape index (κ2) is 9.23. The average molecular weight is 494 g/mol. The predicted molar refractivity (Wildman–Crippen MR) is 116 cm³/mol. The largest absolute Gasteiger partial charge is 0.436 e. The molecule has 0 bridgehead atoms. The third kappa shape index (κ3) is 4.74. The van der Waals surface area contributed by atoms with E-state index in [1.54, 1.807) is 18.2 Å². The zero-order chi connectivity index (χ0) is 22.8. The second-order valence-electron chi connectivity index (χ2n) is 6.43.